The smallest absolute Gasteiger partial charge is 0.270 e. The highest BCUT2D eigenvalue weighted by Crippen LogP contribution is 2.35. The van der Waals surface area contributed by atoms with Crippen LogP contribution in [0.3, 0.4) is 0 Å². The summed E-state index contributed by atoms with van der Waals surface area (Å²) in [4.78, 5) is 10.2. The first kappa shape index (κ1) is 10.8. The molecule has 1 aromatic rings. The normalized spacial score (nSPS) is 17.6. The number of methoxy groups -OCH3 is 1. The van der Waals surface area contributed by atoms with Crippen LogP contribution in [0.15, 0.2) is 18.2 Å². The van der Waals surface area contributed by atoms with Crippen LogP contribution in [0.25, 0.3) is 0 Å². The van der Waals surface area contributed by atoms with E-state index in [1.165, 1.54) is 25.3 Å². The summed E-state index contributed by atoms with van der Waals surface area (Å²) in [6.07, 6.45) is 0. The number of benzene rings is 1. The van der Waals surface area contributed by atoms with Gasteiger partial charge in [0.15, 0.2) is 0 Å². The molecular weight excluding hydrogens is 212 g/mol. The molecular formula is C10H12N2O4. The van der Waals surface area contributed by atoms with E-state index >= 15 is 0 Å². The van der Waals surface area contributed by atoms with Gasteiger partial charge >= 0.3 is 0 Å². The molecule has 0 aliphatic carbocycles. The summed E-state index contributed by atoms with van der Waals surface area (Å²) in [6, 6.07) is 4.22. The highest BCUT2D eigenvalue weighted by atomic mass is 16.6. The monoisotopic (exact) mass is 224 g/mol. The van der Waals surface area contributed by atoms with Gasteiger partial charge in [-0.3, -0.25) is 10.1 Å². The molecule has 16 heavy (non-hydrogen) atoms. The van der Waals surface area contributed by atoms with Crippen LogP contribution in [0.1, 0.15) is 5.56 Å². The van der Waals surface area contributed by atoms with Gasteiger partial charge in [-0.15, -0.1) is 0 Å². The zero-order valence-electron chi connectivity index (χ0n) is 8.77. The van der Waals surface area contributed by atoms with Crippen LogP contribution in [0, 0.1) is 10.1 Å². The van der Waals surface area contributed by atoms with Crippen molar-refractivity contribution in [1.29, 1.82) is 0 Å². The van der Waals surface area contributed by atoms with E-state index in [9.17, 15) is 15.2 Å². The van der Waals surface area contributed by atoms with Gasteiger partial charge in [-0.25, -0.2) is 0 Å². The van der Waals surface area contributed by atoms with Crippen LogP contribution in [0.2, 0.25) is 0 Å². The number of hydrogen-bond acceptors (Lipinski definition) is 5. The Morgan fingerprint density at radius 1 is 1.56 bits per heavy atom. The third kappa shape index (κ3) is 1.62. The maximum absolute atomic E-state index is 10.7. The average molecular weight is 224 g/mol. The summed E-state index contributed by atoms with van der Waals surface area (Å²) in [7, 11) is 1.47. The van der Waals surface area contributed by atoms with Crippen LogP contribution in [-0.2, 0) is 5.60 Å². The van der Waals surface area contributed by atoms with Gasteiger partial charge < -0.3 is 15.2 Å². The van der Waals surface area contributed by atoms with Gasteiger partial charge in [0.2, 0.25) is 0 Å². The lowest BCUT2D eigenvalue weighted by Gasteiger charge is -2.38. The molecule has 1 aliphatic heterocycles. The molecule has 0 saturated carbocycles. The number of aliphatic hydroxyl groups is 1. The number of ether oxygens (including phenoxy) is 1. The molecule has 2 N–H and O–H groups in total. The van der Waals surface area contributed by atoms with Crippen molar-refractivity contribution in [3.05, 3.63) is 33.9 Å². The molecule has 6 heteroatoms. The van der Waals surface area contributed by atoms with Crippen molar-refractivity contribution in [3.8, 4) is 5.75 Å². The summed E-state index contributed by atoms with van der Waals surface area (Å²) in [6.45, 7) is 0.759. The summed E-state index contributed by atoms with van der Waals surface area (Å²) < 4.78 is 5.09. The Labute approximate surface area is 92.0 Å². The number of rotatable bonds is 3. The molecule has 0 aromatic heterocycles. The largest absolute Gasteiger partial charge is 0.496 e. The molecule has 1 aliphatic rings. The van der Waals surface area contributed by atoms with E-state index < -0.39 is 10.5 Å². The molecule has 6 nitrogen and oxygen atoms in total. The van der Waals surface area contributed by atoms with Crippen molar-refractivity contribution < 1.29 is 14.8 Å². The first-order valence-corrected chi connectivity index (χ1v) is 4.83. The van der Waals surface area contributed by atoms with E-state index in [2.05, 4.69) is 5.32 Å². The second kappa shape index (κ2) is 3.73. The summed E-state index contributed by atoms with van der Waals surface area (Å²) >= 11 is 0. The van der Waals surface area contributed by atoms with E-state index in [1.807, 2.05) is 0 Å². The van der Waals surface area contributed by atoms with Gasteiger partial charge in [-0.05, 0) is 6.07 Å². The molecule has 1 heterocycles. The molecule has 0 atom stereocenters. The lowest BCUT2D eigenvalue weighted by molar-refractivity contribution is -0.385. The molecule has 0 bridgehead atoms. The Kier molecular flexibility index (Phi) is 2.53. The SMILES string of the molecule is COc1ccc([N+](=O)[O-])cc1C1(O)CNC1. The lowest BCUT2D eigenvalue weighted by atomic mass is 9.87. The molecule has 1 aromatic carbocycles. The van der Waals surface area contributed by atoms with E-state index in [4.69, 9.17) is 4.74 Å². The third-order valence-corrected chi connectivity index (χ3v) is 2.73. The third-order valence-electron chi connectivity index (χ3n) is 2.73. The summed E-state index contributed by atoms with van der Waals surface area (Å²) in [5.41, 5.74) is -0.642. The molecule has 0 amide bonds. The minimum atomic E-state index is -1.06. The minimum Gasteiger partial charge on any atom is -0.496 e. The quantitative estimate of drug-likeness (QED) is 0.573. The fourth-order valence-electron chi connectivity index (χ4n) is 1.73. The van der Waals surface area contributed by atoms with Crippen molar-refractivity contribution in [1.82, 2.24) is 5.32 Å². The fourth-order valence-corrected chi connectivity index (χ4v) is 1.73. The first-order valence-electron chi connectivity index (χ1n) is 4.83. The number of nitrogens with one attached hydrogen (secondary N) is 1. The second-order valence-corrected chi connectivity index (χ2v) is 3.78. The van der Waals surface area contributed by atoms with E-state index in [0.29, 0.717) is 24.4 Å². The zero-order chi connectivity index (χ0) is 11.8. The van der Waals surface area contributed by atoms with Crippen LogP contribution < -0.4 is 10.1 Å². The maximum atomic E-state index is 10.7. The van der Waals surface area contributed by atoms with E-state index in [1.54, 1.807) is 0 Å². The van der Waals surface area contributed by atoms with Crippen LogP contribution in [0.5, 0.6) is 5.75 Å². The summed E-state index contributed by atoms with van der Waals surface area (Å²) in [5.74, 6) is 0.467. The number of non-ortho nitro benzene ring substituents is 1. The minimum absolute atomic E-state index is 0.0453. The highest BCUT2D eigenvalue weighted by Gasteiger charge is 2.39. The Bertz CT molecular complexity index is 429. The topological polar surface area (TPSA) is 84.6 Å². The first-order chi connectivity index (χ1) is 7.57. The Hall–Kier alpha value is -1.66. The van der Waals surface area contributed by atoms with Gasteiger partial charge in [-0.2, -0.15) is 0 Å². The Morgan fingerprint density at radius 3 is 2.69 bits per heavy atom. The van der Waals surface area contributed by atoms with Crippen LogP contribution in [0.4, 0.5) is 5.69 Å². The van der Waals surface area contributed by atoms with Gasteiger partial charge in [-0.1, -0.05) is 0 Å². The maximum Gasteiger partial charge on any atom is 0.270 e. The zero-order valence-corrected chi connectivity index (χ0v) is 8.77. The number of nitrogens with zero attached hydrogens (tertiary/aromatic N) is 1. The Balaban J connectivity index is 2.47. The van der Waals surface area contributed by atoms with Crippen LogP contribution in [-0.4, -0.2) is 30.2 Å². The predicted octanol–water partition coefficient (Wildman–Crippen LogP) is 0.394. The van der Waals surface area contributed by atoms with Gasteiger partial charge in [0.25, 0.3) is 5.69 Å². The van der Waals surface area contributed by atoms with Crippen LogP contribution >= 0.6 is 0 Å². The molecule has 0 spiro atoms. The number of hydrogen-bond donors (Lipinski definition) is 2. The van der Waals surface area contributed by atoms with Gasteiger partial charge in [0, 0.05) is 30.8 Å². The fraction of sp³-hybridized carbons (Fsp3) is 0.400. The predicted molar refractivity (Wildman–Crippen MR) is 56.4 cm³/mol. The van der Waals surface area contributed by atoms with Gasteiger partial charge in [0.05, 0.1) is 12.0 Å². The van der Waals surface area contributed by atoms with Gasteiger partial charge in [0.1, 0.15) is 11.4 Å². The van der Waals surface area contributed by atoms with Crippen molar-refractivity contribution in [2.75, 3.05) is 20.2 Å². The molecule has 2 rings (SSSR count). The average Bonchev–Trinajstić information content (AvgIpc) is 2.25. The number of β-amino-alcohol motifs (C(OH)–C–C–N with tert-alkyl or cyclic N) is 1. The summed E-state index contributed by atoms with van der Waals surface area (Å²) in [5, 5.41) is 23.7. The standard InChI is InChI=1S/C10H12N2O4/c1-16-9-3-2-7(12(14)15)4-8(9)10(13)5-11-6-10/h2-4,11,13H,5-6H2,1H3. The van der Waals surface area contributed by atoms with Crippen molar-refractivity contribution in [3.63, 3.8) is 0 Å². The molecule has 0 radical (unpaired) electrons. The van der Waals surface area contributed by atoms with Crippen molar-refractivity contribution in [2.45, 2.75) is 5.60 Å². The lowest BCUT2D eigenvalue weighted by Crippen LogP contribution is -2.56. The Morgan fingerprint density at radius 2 is 2.25 bits per heavy atom. The van der Waals surface area contributed by atoms with E-state index in [0.717, 1.165) is 0 Å². The van der Waals surface area contributed by atoms with E-state index in [-0.39, 0.29) is 5.69 Å². The number of nitro groups is 1. The molecule has 1 fully saturated rings. The van der Waals surface area contributed by atoms with Crippen molar-refractivity contribution >= 4 is 5.69 Å². The highest BCUT2D eigenvalue weighted by molar-refractivity contribution is 5.48. The molecule has 0 unspecified atom stereocenters. The number of nitro benzene ring substituents is 1. The second-order valence-electron chi connectivity index (χ2n) is 3.78. The van der Waals surface area contributed by atoms with Crippen molar-refractivity contribution in [2.24, 2.45) is 0 Å². The molecule has 86 valence electrons. The molecule has 1 saturated heterocycles.